The zero-order valence-corrected chi connectivity index (χ0v) is 16.1. The smallest absolute Gasteiger partial charge is 0.324 e. The van der Waals surface area contributed by atoms with Gasteiger partial charge in [0.05, 0.1) is 0 Å². The van der Waals surface area contributed by atoms with Crippen LogP contribution in [0, 0.1) is 0 Å². The third-order valence-corrected chi connectivity index (χ3v) is 4.96. The second-order valence-corrected chi connectivity index (χ2v) is 6.96. The van der Waals surface area contributed by atoms with Crippen LogP contribution >= 0.6 is 0 Å². The van der Waals surface area contributed by atoms with Gasteiger partial charge in [-0.25, -0.2) is 4.79 Å². The minimum Gasteiger partial charge on any atom is -0.341 e. The Morgan fingerprint density at radius 1 is 1.14 bits per heavy atom. The second kappa shape index (κ2) is 8.14. The molecule has 0 fully saturated rings. The number of aromatic nitrogens is 3. The fourth-order valence-corrected chi connectivity index (χ4v) is 3.38. The van der Waals surface area contributed by atoms with Gasteiger partial charge in [-0.2, -0.15) is 5.10 Å². The highest BCUT2D eigenvalue weighted by Crippen LogP contribution is 2.25. The fraction of sp³-hybridized carbons (Fsp3) is 0.238. The minimum absolute atomic E-state index is 0.0248. The Kier molecular flexibility index (Phi) is 5.24. The Labute approximate surface area is 168 Å². The Morgan fingerprint density at radius 3 is 2.79 bits per heavy atom. The molecule has 0 unspecified atom stereocenters. The van der Waals surface area contributed by atoms with Gasteiger partial charge in [0.15, 0.2) is 5.82 Å². The summed E-state index contributed by atoms with van der Waals surface area (Å²) >= 11 is 0. The van der Waals surface area contributed by atoms with E-state index in [1.165, 1.54) is 5.56 Å². The van der Waals surface area contributed by atoms with Crippen LogP contribution in [-0.4, -0.2) is 45.2 Å². The third kappa shape index (κ3) is 4.26. The van der Waals surface area contributed by atoms with Crippen LogP contribution in [0.25, 0.3) is 0 Å². The largest absolute Gasteiger partial charge is 0.341 e. The van der Waals surface area contributed by atoms with Crippen LogP contribution in [0.3, 0.4) is 0 Å². The van der Waals surface area contributed by atoms with Gasteiger partial charge in [0.2, 0.25) is 0 Å². The lowest BCUT2D eigenvalue weighted by molar-refractivity contribution is 0.0781. The molecule has 3 amide bonds. The van der Waals surface area contributed by atoms with Gasteiger partial charge >= 0.3 is 6.03 Å². The number of aryl methyl sites for hydroxylation is 2. The molecule has 8 heteroatoms. The number of pyridine rings is 1. The van der Waals surface area contributed by atoms with E-state index in [0.29, 0.717) is 36.6 Å². The average molecular weight is 390 g/mol. The molecule has 2 N–H and O–H groups in total. The van der Waals surface area contributed by atoms with E-state index in [2.05, 4.69) is 20.7 Å². The monoisotopic (exact) mass is 390 g/mol. The summed E-state index contributed by atoms with van der Waals surface area (Å²) in [7, 11) is 1.78. The predicted molar refractivity (Wildman–Crippen MR) is 110 cm³/mol. The van der Waals surface area contributed by atoms with E-state index in [-0.39, 0.29) is 11.9 Å². The van der Waals surface area contributed by atoms with Crippen LogP contribution in [-0.2, 0) is 19.4 Å². The molecule has 0 atom stereocenters. The van der Waals surface area contributed by atoms with Gasteiger partial charge in [-0.15, -0.1) is 0 Å². The molecule has 3 heterocycles. The van der Waals surface area contributed by atoms with E-state index < -0.39 is 0 Å². The van der Waals surface area contributed by atoms with Gasteiger partial charge < -0.3 is 10.2 Å². The highest BCUT2D eigenvalue weighted by Gasteiger charge is 2.24. The molecule has 0 saturated heterocycles. The summed E-state index contributed by atoms with van der Waals surface area (Å²) in [5.74, 6) is 0.445. The topological polar surface area (TPSA) is 92.2 Å². The maximum atomic E-state index is 12.4. The van der Waals surface area contributed by atoms with Crippen LogP contribution in [0.15, 0.2) is 55.0 Å². The number of carbonyl (C=O) groups excluding carboxylic acids is 2. The molecule has 0 aliphatic carbocycles. The molecule has 8 nitrogen and oxygen atoms in total. The number of urea groups is 1. The number of rotatable bonds is 5. The number of nitrogens with zero attached hydrogens (tertiary/aromatic N) is 4. The van der Waals surface area contributed by atoms with Gasteiger partial charge in [0, 0.05) is 56.0 Å². The summed E-state index contributed by atoms with van der Waals surface area (Å²) in [5, 5.41) is 9.98. The first-order valence-corrected chi connectivity index (χ1v) is 9.48. The lowest BCUT2D eigenvalue weighted by Gasteiger charge is -2.26. The van der Waals surface area contributed by atoms with Gasteiger partial charge in [0.25, 0.3) is 5.91 Å². The lowest BCUT2D eigenvalue weighted by atomic mass is 9.97. The normalized spacial score (nSPS) is 13.1. The summed E-state index contributed by atoms with van der Waals surface area (Å²) < 4.78 is 1.79. The van der Waals surface area contributed by atoms with Crippen LogP contribution in [0.5, 0.6) is 0 Å². The maximum absolute atomic E-state index is 12.4. The quantitative estimate of drug-likeness (QED) is 0.701. The second-order valence-electron chi connectivity index (χ2n) is 6.96. The zero-order valence-electron chi connectivity index (χ0n) is 16.1. The first-order chi connectivity index (χ1) is 14.1. The summed E-state index contributed by atoms with van der Waals surface area (Å²) in [4.78, 5) is 30.4. The third-order valence-electron chi connectivity index (χ3n) is 4.96. The van der Waals surface area contributed by atoms with Crippen molar-refractivity contribution in [2.24, 2.45) is 0 Å². The molecule has 0 saturated carbocycles. The molecule has 1 aliphatic heterocycles. The number of benzene rings is 1. The van der Waals surface area contributed by atoms with Gasteiger partial charge in [-0.3, -0.25) is 19.8 Å². The van der Waals surface area contributed by atoms with Crippen molar-refractivity contribution in [3.05, 3.63) is 71.7 Å². The summed E-state index contributed by atoms with van der Waals surface area (Å²) in [6.07, 6.45) is 6.90. The molecule has 29 heavy (non-hydrogen) atoms. The van der Waals surface area contributed by atoms with E-state index >= 15 is 0 Å². The Hall–Kier alpha value is -3.68. The molecule has 148 valence electrons. The van der Waals surface area contributed by atoms with Crippen molar-refractivity contribution >= 4 is 23.4 Å². The number of hydrogen-bond donors (Lipinski definition) is 2. The van der Waals surface area contributed by atoms with E-state index in [4.69, 9.17) is 0 Å². The highest BCUT2D eigenvalue weighted by atomic mass is 16.2. The molecule has 0 bridgehead atoms. The fourth-order valence-electron chi connectivity index (χ4n) is 3.38. The Bertz CT molecular complexity index is 1030. The van der Waals surface area contributed by atoms with Crippen molar-refractivity contribution in [3.63, 3.8) is 0 Å². The first kappa shape index (κ1) is 18.7. The minimum atomic E-state index is -0.385. The van der Waals surface area contributed by atoms with Crippen molar-refractivity contribution in [2.45, 2.75) is 19.4 Å². The van der Waals surface area contributed by atoms with E-state index in [9.17, 15) is 9.59 Å². The van der Waals surface area contributed by atoms with Gasteiger partial charge in [-0.1, -0.05) is 6.07 Å². The standard InChI is InChI=1S/C21H22N6O2/c1-26-12-8-16-17(20(26)28)3-2-4-18(16)23-21(29)24-19-9-14-27(25-19)13-7-15-5-10-22-11-6-15/h2-6,9-11,14H,7-8,12-13H2,1H3,(H2,23,24,25,29). The Morgan fingerprint density at radius 2 is 1.97 bits per heavy atom. The van der Waals surface area contributed by atoms with Crippen molar-refractivity contribution in [2.75, 3.05) is 24.2 Å². The number of likely N-dealkylation sites (N-methyl/N-ethyl adjacent to an activating group) is 1. The molecular weight excluding hydrogens is 368 g/mol. The summed E-state index contributed by atoms with van der Waals surface area (Å²) in [6.45, 7) is 1.34. The van der Waals surface area contributed by atoms with Crippen LogP contribution in [0.2, 0.25) is 0 Å². The van der Waals surface area contributed by atoms with Crippen molar-refractivity contribution in [3.8, 4) is 0 Å². The predicted octanol–water partition coefficient (Wildman–Crippen LogP) is 2.79. The molecule has 1 aromatic carbocycles. The molecular formula is C21H22N6O2. The van der Waals surface area contributed by atoms with Crippen LogP contribution < -0.4 is 10.6 Å². The Balaban J connectivity index is 1.37. The number of amides is 3. The van der Waals surface area contributed by atoms with Crippen LogP contribution in [0.1, 0.15) is 21.5 Å². The number of fused-ring (bicyclic) bond motifs is 1. The van der Waals surface area contributed by atoms with Gasteiger partial charge in [-0.05, 0) is 48.2 Å². The van der Waals surface area contributed by atoms with E-state index in [1.54, 1.807) is 47.2 Å². The number of carbonyl (C=O) groups is 2. The van der Waals surface area contributed by atoms with E-state index in [0.717, 1.165) is 12.0 Å². The first-order valence-electron chi connectivity index (χ1n) is 9.48. The zero-order chi connectivity index (χ0) is 20.2. The number of anilines is 2. The molecule has 4 rings (SSSR count). The molecule has 1 aliphatic rings. The summed E-state index contributed by atoms with van der Waals surface area (Å²) in [5.41, 5.74) is 3.33. The molecule has 3 aromatic rings. The number of nitrogens with one attached hydrogen (secondary N) is 2. The molecule has 2 aromatic heterocycles. The highest BCUT2D eigenvalue weighted by molar-refractivity contribution is 6.03. The van der Waals surface area contributed by atoms with Crippen molar-refractivity contribution in [1.29, 1.82) is 0 Å². The maximum Gasteiger partial charge on any atom is 0.324 e. The van der Waals surface area contributed by atoms with Crippen LogP contribution in [0.4, 0.5) is 16.3 Å². The average Bonchev–Trinajstić information content (AvgIpc) is 3.17. The molecule has 0 radical (unpaired) electrons. The summed E-state index contributed by atoms with van der Waals surface area (Å²) in [6, 6.07) is 10.7. The lowest BCUT2D eigenvalue weighted by Crippen LogP contribution is -2.35. The van der Waals surface area contributed by atoms with Gasteiger partial charge in [0.1, 0.15) is 0 Å². The molecule has 0 spiro atoms. The van der Waals surface area contributed by atoms with Crippen molar-refractivity contribution < 1.29 is 9.59 Å². The SMILES string of the molecule is CN1CCc2c(NC(=O)Nc3ccn(CCc4ccncc4)n3)cccc2C1=O. The number of hydrogen-bond acceptors (Lipinski definition) is 4. The van der Waals surface area contributed by atoms with E-state index in [1.807, 2.05) is 24.4 Å². The van der Waals surface area contributed by atoms with Crippen molar-refractivity contribution in [1.82, 2.24) is 19.7 Å².